The summed E-state index contributed by atoms with van der Waals surface area (Å²) >= 11 is 0. The van der Waals surface area contributed by atoms with E-state index in [-0.39, 0.29) is 11.4 Å². The summed E-state index contributed by atoms with van der Waals surface area (Å²) in [5.41, 5.74) is 2.88. The van der Waals surface area contributed by atoms with Crippen LogP contribution in [0.1, 0.15) is 59.3 Å². The second-order valence-electron chi connectivity index (χ2n) is 6.93. The van der Waals surface area contributed by atoms with Crippen molar-refractivity contribution in [1.29, 1.82) is 0 Å². The minimum Gasteiger partial charge on any atom is -0.494 e. The molecule has 0 aromatic rings. The smallest absolute Gasteiger partial charge is 0.305 e. The van der Waals surface area contributed by atoms with Gasteiger partial charge in [0.05, 0.1) is 13.2 Å². The Kier molecular flexibility index (Phi) is 6.89. The summed E-state index contributed by atoms with van der Waals surface area (Å²) in [5.74, 6) is 0.873. The maximum absolute atomic E-state index is 11.2. The Bertz CT molecular complexity index is 566. The van der Waals surface area contributed by atoms with Gasteiger partial charge in [0.1, 0.15) is 5.76 Å². The molecule has 0 radical (unpaired) electrons. The van der Waals surface area contributed by atoms with Gasteiger partial charge in [0, 0.05) is 11.8 Å². The summed E-state index contributed by atoms with van der Waals surface area (Å²) < 4.78 is 10.8. The van der Waals surface area contributed by atoms with Gasteiger partial charge in [-0.3, -0.25) is 4.79 Å². The number of carbonyl (C=O) groups is 1. The summed E-state index contributed by atoms with van der Waals surface area (Å²) in [4.78, 5) is 11.2. The Labute approximate surface area is 146 Å². The molecule has 2 aliphatic carbocycles. The Balaban J connectivity index is 1.64. The molecule has 0 amide bonds. The molecule has 0 aliphatic heterocycles. The summed E-state index contributed by atoms with van der Waals surface area (Å²) in [7, 11) is 0. The first-order valence-corrected chi connectivity index (χ1v) is 9.11. The van der Waals surface area contributed by atoms with Crippen molar-refractivity contribution in [1.82, 2.24) is 0 Å². The second-order valence-corrected chi connectivity index (χ2v) is 6.93. The number of rotatable bonds is 9. The summed E-state index contributed by atoms with van der Waals surface area (Å²) in [6.45, 7) is 7.51. The fraction of sp³-hybridized carbons (Fsp3) is 0.571. The number of hydrogen-bond acceptors (Lipinski definition) is 3. The van der Waals surface area contributed by atoms with Gasteiger partial charge in [-0.1, -0.05) is 43.6 Å². The Morgan fingerprint density at radius 3 is 2.79 bits per heavy atom. The van der Waals surface area contributed by atoms with Gasteiger partial charge in [-0.2, -0.15) is 0 Å². The molecular formula is C21H30O3. The average Bonchev–Trinajstić information content (AvgIpc) is 2.54. The second kappa shape index (κ2) is 8.91. The SMILES string of the molecule is CCOC(=O)CCCCCCOC1=CC2=CC=C(C)CC2(C)C=C1. The predicted octanol–water partition coefficient (Wildman–Crippen LogP) is 5.25. The zero-order valence-corrected chi connectivity index (χ0v) is 15.3. The molecule has 1 unspecified atom stereocenters. The van der Waals surface area contributed by atoms with Crippen LogP contribution >= 0.6 is 0 Å². The largest absolute Gasteiger partial charge is 0.494 e. The van der Waals surface area contributed by atoms with Gasteiger partial charge in [-0.25, -0.2) is 0 Å². The maximum Gasteiger partial charge on any atom is 0.305 e. The third-order valence-electron chi connectivity index (χ3n) is 4.62. The van der Waals surface area contributed by atoms with Crippen LogP contribution in [0, 0.1) is 5.41 Å². The third-order valence-corrected chi connectivity index (χ3v) is 4.62. The first-order valence-electron chi connectivity index (χ1n) is 9.11. The molecule has 0 saturated heterocycles. The fourth-order valence-electron chi connectivity index (χ4n) is 3.24. The molecule has 3 nitrogen and oxygen atoms in total. The number of allylic oxidation sites excluding steroid dienone is 7. The van der Waals surface area contributed by atoms with Gasteiger partial charge in [-0.15, -0.1) is 0 Å². The van der Waals surface area contributed by atoms with Gasteiger partial charge in [-0.05, 0) is 50.8 Å². The van der Waals surface area contributed by atoms with E-state index < -0.39 is 0 Å². The zero-order chi connectivity index (χ0) is 17.4. The van der Waals surface area contributed by atoms with E-state index >= 15 is 0 Å². The number of esters is 1. The molecule has 2 rings (SSSR count). The molecule has 0 heterocycles. The highest BCUT2D eigenvalue weighted by atomic mass is 16.5. The number of hydrogen-bond donors (Lipinski definition) is 0. The van der Waals surface area contributed by atoms with Crippen molar-refractivity contribution in [2.75, 3.05) is 13.2 Å². The normalized spacial score (nSPS) is 22.2. The predicted molar refractivity (Wildman–Crippen MR) is 97.5 cm³/mol. The third kappa shape index (κ3) is 5.40. The minimum atomic E-state index is -0.0839. The molecule has 3 heteroatoms. The molecule has 0 N–H and O–H groups in total. The van der Waals surface area contributed by atoms with Gasteiger partial charge >= 0.3 is 5.97 Å². The van der Waals surface area contributed by atoms with E-state index in [1.165, 1.54) is 11.1 Å². The van der Waals surface area contributed by atoms with E-state index in [0.717, 1.165) is 44.5 Å². The van der Waals surface area contributed by atoms with Crippen LogP contribution in [-0.4, -0.2) is 19.2 Å². The summed E-state index contributed by atoms with van der Waals surface area (Å²) in [5, 5.41) is 0. The molecule has 24 heavy (non-hydrogen) atoms. The van der Waals surface area contributed by atoms with E-state index in [0.29, 0.717) is 13.0 Å². The molecular weight excluding hydrogens is 300 g/mol. The highest BCUT2D eigenvalue weighted by Gasteiger charge is 2.29. The molecule has 1 atom stereocenters. The molecule has 0 saturated carbocycles. The number of carbonyl (C=O) groups excluding carboxylic acids is 1. The topological polar surface area (TPSA) is 35.5 Å². The van der Waals surface area contributed by atoms with Crippen molar-refractivity contribution in [2.45, 2.75) is 59.3 Å². The van der Waals surface area contributed by atoms with Crippen molar-refractivity contribution in [3.63, 3.8) is 0 Å². The van der Waals surface area contributed by atoms with E-state index in [9.17, 15) is 4.79 Å². The quantitative estimate of drug-likeness (QED) is 0.428. The van der Waals surface area contributed by atoms with Crippen LogP contribution < -0.4 is 0 Å². The molecule has 0 aromatic carbocycles. The maximum atomic E-state index is 11.2. The van der Waals surface area contributed by atoms with Crippen molar-refractivity contribution in [3.8, 4) is 0 Å². The van der Waals surface area contributed by atoms with Gasteiger partial charge < -0.3 is 9.47 Å². The number of unbranched alkanes of at least 4 members (excludes halogenated alkanes) is 3. The van der Waals surface area contributed by atoms with Crippen LogP contribution in [0.25, 0.3) is 0 Å². The van der Waals surface area contributed by atoms with Crippen molar-refractivity contribution in [2.24, 2.45) is 5.41 Å². The van der Waals surface area contributed by atoms with E-state index in [1.807, 2.05) is 6.92 Å². The summed E-state index contributed by atoms with van der Waals surface area (Å²) in [6, 6.07) is 0. The highest BCUT2D eigenvalue weighted by molar-refractivity contribution is 5.69. The van der Waals surface area contributed by atoms with Gasteiger partial charge in [0.25, 0.3) is 0 Å². The molecule has 0 aromatic heterocycles. The lowest BCUT2D eigenvalue weighted by Gasteiger charge is -2.33. The van der Waals surface area contributed by atoms with Gasteiger partial charge in [0.2, 0.25) is 0 Å². The van der Waals surface area contributed by atoms with Crippen molar-refractivity contribution in [3.05, 3.63) is 47.3 Å². The molecule has 0 spiro atoms. The first kappa shape index (κ1) is 18.6. The molecule has 132 valence electrons. The van der Waals surface area contributed by atoms with E-state index in [4.69, 9.17) is 9.47 Å². The van der Waals surface area contributed by atoms with Crippen LogP contribution in [0.4, 0.5) is 0 Å². The van der Waals surface area contributed by atoms with E-state index in [1.54, 1.807) is 0 Å². The standard InChI is InChI=1S/C21H30O3/c1-4-23-20(22)9-7-5-6-8-14-24-19-12-13-21(3)16-17(2)10-11-18(21)15-19/h10-13,15H,4-9,14,16H2,1-3H3. The molecule has 2 aliphatic rings. The fourth-order valence-corrected chi connectivity index (χ4v) is 3.24. The summed E-state index contributed by atoms with van der Waals surface area (Å²) in [6.07, 6.45) is 16.6. The average molecular weight is 330 g/mol. The lowest BCUT2D eigenvalue weighted by Crippen LogP contribution is -2.21. The lowest BCUT2D eigenvalue weighted by molar-refractivity contribution is -0.143. The minimum absolute atomic E-state index is 0.0839. The first-order chi connectivity index (χ1) is 11.5. The molecule has 0 bridgehead atoms. The van der Waals surface area contributed by atoms with E-state index in [2.05, 4.69) is 44.2 Å². The lowest BCUT2D eigenvalue weighted by atomic mass is 9.72. The van der Waals surface area contributed by atoms with Gasteiger partial charge in [0.15, 0.2) is 0 Å². The number of fused-ring (bicyclic) bond motifs is 1. The molecule has 0 fully saturated rings. The van der Waals surface area contributed by atoms with Crippen LogP contribution in [-0.2, 0) is 14.3 Å². The van der Waals surface area contributed by atoms with Crippen LogP contribution in [0.15, 0.2) is 47.3 Å². The monoisotopic (exact) mass is 330 g/mol. The Hall–Kier alpha value is -1.77. The Morgan fingerprint density at radius 1 is 1.21 bits per heavy atom. The van der Waals surface area contributed by atoms with Crippen LogP contribution in [0.2, 0.25) is 0 Å². The van der Waals surface area contributed by atoms with Crippen LogP contribution in [0.3, 0.4) is 0 Å². The van der Waals surface area contributed by atoms with Crippen molar-refractivity contribution < 1.29 is 14.3 Å². The number of ether oxygens (including phenoxy) is 2. The zero-order valence-electron chi connectivity index (χ0n) is 15.3. The van der Waals surface area contributed by atoms with Crippen molar-refractivity contribution >= 4 is 5.97 Å². The Morgan fingerprint density at radius 2 is 2.00 bits per heavy atom. The van der Waals surface area contributed by atoms with Crippen LogP contribution in [0.5, 0.6) is 0 Å². The highest BCUT2D eigenvalue weighted by Crippen LogP contribution is 2.42.